The summed E-state index contributed by atoms with van der Waals surface area (Å²) in [5.74, 6) is 0.692. The first-order valence-corrected chi connectivity index (χ1v) is 9.28. The molecule has 2 heterocycles. The largest absolute Gasteiger partial charge is 0.447 e. The van der Waals surface area contributed by atoms with Gasteiger partial charge in [-0.2, -0.15) is 4.31 Å². The predicted molar refractivity (Wildman–Crippen MR) is 80.4 cm³/mol. The zero-order valence-electron chi connectivity index (χ0n) is 12.7. The topological polar surface area (TPSA) is 62.6 Å². The van der Waals surface area contributed by atoms with Gasteiger partial charge in [-0.1, -0.05) is 6.42 Å². The van der Waals surface area contributed by atoms with E-state index >= 15 is 0 Å². The van der Waals surface area contributed by atoms with E-state index in [1.165, 1.54) is 12.8 Å². The molecule has 1 aliphatic carbocycles. The van der Waals surface area contributed by atoms with Gasteiger partial charge in [-0.15, -0.1) is 0 Å². The summed E-state index contributed by atoms with van der Waals surface area (Å²) in [5, 5.41) is 3.41. The molecule has 1 saturated carbocycles. The number of nitrogens with zero attached hydrogens (tertiary/aromatic N) is 1. The lowest BCUT2D eigenvalue weighted by Gasteiger charge is -2.36. The molecule has 2 fully saturated rings. The van der Waals surface area contributed by atoms with Gasteiger partial charge < -0.3 is 9.73 Å². The lowest BCUT2D eigenvalue weighted by Crippen LogP contribution is -2.47. The zero-order valence-corrected chi connectivity index (χ0v) is 13.5. The predicted octanol–water partition coefficient (Wildman–Crippen LogP) is 2.48. The van der Waals surface area contributed by atoms with Crippen molar-refractivity contribution in [3.05, 3.63) is 17.9 Å². The van der Waals surface area contributed by atoms with Gasteiger partial charge in [0.05, 0.1) is 6.54 Å². The van der Waals surface area contributed by atoms with Crippen LogP contribution in [-0.2, 0) is 16.6 Å². The van der Waals surface area contributed by atoms with Crippen molar-refractivity contribution >= 4 is 10.0 Å². The lowest BCUT2D eigenvalue weighted by molar-refractivity contribution is 0.199. The Morgan fingerprint density at radius 3 is 2.48 bits per heavy atom. The fourth-order valence-electron chi connectivity index (χ4n) is 3.10. The van der Waals surface area contributed by atoms with Crippen LogP contribution in [0.25, 0.3) is 0 Å². The van der Waals surface area contributed by atoms with Gasteiger partial charge in [0, 0.05) is 18.1 Å². The summed E-state index contributed by atoms with van der Waals surface area (Å²) in [4.78, 5) is 0. The molecule has 1 aromatic heterocycles. The van der Waals surface area contributed by atoms with E-state index < -0.39 is 10.0 Å². The summed E-state index contributed by atoms with van der Waals surface area (Å²) < 4.78 is 32.8. The summed E-state index contributed by atoms with van der Waals surface area (Å²) in [5.41, 5.74) is 0. The Hall–Kier alpha value is -0.850. The van der Waals surface area contributed by atoms with E-state index in [1.807, 2.05) is 13.8 Å². The van der Waals surface area contributed by atoms with E-state index in [9.17, 15) is 8.42 Å². The van der Waals surface area contributed by atoms with Crippen LogP contribution in [0.1, 0.15) is 51.7 Å². The molecule has 1 aromatic rings. The Labute approximate surface area is 126 Å². The van der Waals surface area contributed by atoms with Gasteiger partial charge in [-0.25, -0.2) is 8.42 Å². The number of sulfonamides is 1. The minimum Gasteiger partial charge on any atom is -0.447 e. The number of hydrogen-bond donors (Lipinski definition) is 1. The van der Waals surface area contributed by atoms with Gasteiger partial charge in [0.2, 0.25) is 5.09 Å². The number of piperidine rings is 1. The van der Waals surface area contributed by atoms with Crippen molar-refractivity contribution in [3.63, 3.8) is 0 Å². The maximum atomic E-state index is 12.8. The fourth-order valence-corrected chi connectivity index (χ4v) is 4.92. The van der Waals surface area contributed by atoms with Crippen molar-refractivity contribution in [1.29, 1.82) is 0 Å². The molecule has 1 N–H and O–H groups in total. The quantitative estimate of drug-likeness (QED) is 0.907. The lowest BCUT2D eigenvalue weighted by atomic mass is 10.0. The Bertz CT molecular complexity index is 582. The van der Waals surface area contributed by atoms with Crippen LogP contribution in [0, 0.1) is 0 Å². The van der Waals surface area contributed by atoms with E-state index in [0.29, 0.717) is 18.3 Å². The molecule has 0 amide bonds. The fraction of sp³-hybridized carbons (Fsp3) is 0.733. The normalized spacial score (nSPS) is 27.9. The molecule has 0 radical (unpaired) electrons. The molecular weight excluding hydrogens is 288 g/mol. The zero-order chi connectivity index (χ0) is 15.0. The van der Waals surface area contributed by atoms with Crippen LogP contribution in [0.3, 0.4) is 0 Å². The Morgan fingerprint density at radius 1 is 1.19 bits per heavy atom. The van der Waals surface area contributed by atoms with Crippen LogP contribution in [-0.4, -0.2) is 30.8 Å². The first kappa shape index (κ1) is 15.1. The molecule has 0 spiro atoms. The van der Waals surface area contributed by atoms with E-state index in [1.54, 1.807) is 16.4 Å². The maximum Gasteiger partial charge on any atom is 0.276 e. The molecule has 2 unspecified atom stereocenters. The van der Waals surface area contributed by atoms with Crippen molar-refractivity contribution < 1.29 is 12.8 Å². The SMILES string of the molecule is CC1CCCC(C)N1S(=O)(=O)c1ccc(CNC2CC2)o1. The molecule has 3 rings (SSSR count). The van der Waals surface area contributed by atoms with Gasteiger partial charge in [-0.05, 0) is 51.7 Å². The molecule has 2 atom stereocenters. The molecule has 6 heteroatoms. The Balaban J connectivity index is 1.76. The van der Waals surface area contributed by atoms with Crippen LogP contribution in [0.4, 0.5) is 0 Å². The second-order valence-corrected chi connectivity index (χ2v) is 8.11. The van der Waals surface area contributed by atoms with Crippen molar-refractivity contribution in [1.82, 2.24) is 9.62 Å². The standard InChI is InChI=1S/C15H24N2O3S/c1-11-4-3-5-12(2)17(11)21(18,19)15-9-8-14(20-15)10-16-13-6-7-13/h8-9,11-13,16H,3-7,10H2,1-2H3. The molecular formula is C15H24N2O3S. The first-order valence-electron chi connectivity index (χ1n) is 7.84. The third kappa shape index (κ3) is 3.17. The van der Waals surface area contributed by atoms with E-state index in [-0.39, 0.29) is 17.2 Å². The van der Waals surface area contributed by atoms with Crippen LogP contribution < -0.4 is 5.32 Å². The minimum absolute atomic E-state index is 0.0388. The summed E-state index contributed by atoms with van der Waals surface area (Å²) >= 11 is 0. The van der Waals surface area contributed by atoms with Gasteiger partial charge in [-0.3, -0.25) is 0 Å². The van der Waals surface area contributed by atoms with Crippen molar-refractivity contribution in [2.45, 2.75) is 75.7 Å². The van der Waals surface area contributed by atoms with Crippen LogP contribution >= 0.6 is 0 Å². The third-order valence-electron chi connectivity index (χ3n) is 4.42. The third-order valence-corrected chi connectivity index (χ3v) is 6.43. The highest BCUT2D eigenvalue weighted by atomic mass is 32.2. The van der Waals surface area contributed by atoms with Crippen LogP contribution in [0.15, 0.2) is 21.6 Å². The highest BCUT2D eigenvalue weighted by molar-refractivity contribution is 7.89. The van der Waals surface area contributed by atoms with Crippen LogP contribution in [0.2, 0.25) is 0 Å². The smallest absolute Gasteiger partial charge is 0.276 e. The van der Waals surface area contributed by atoms with Crippen molar-refractivity contribution in [2.24, 2.45) is 0 Å². The average Bonchev–Trinajstić information content (AvgIpc) is 3.12. The minimum atomic E-state index is -3.52. The highest BCUT2D eigenvalue weighted by Crippen LogP contribution is 2.30. The molecule has 2 aliphatic rings. The molecule has 1 aliphatic heterocycles. The Morgan fingerprint density at radius 2 is 1.86 bits per heavy atom. The van der Waals surface area contributed by atoms with Gasteiger partial charge in [0.1, 0.15) is 5.76 Å². The van der Waals surface area contributed by atoms with Crippen molar-refractivity contribution in [2.75, 3.05) is 0 Å². The van der Waals surface area contributed by atoms with Gasteiger partial charge in [0.25, 0.3) is 10.0 Å². The number of rotatable bonds is 5. The second-order valence-electron chi connectivity index (χ2n) is 6.34. The number of furan rings is 1. The molecule has 5 nitrogen and oxygen atoms in total. The van der Waals surface area contributed by atoms with E-state index in [2.05, 4.69) is 5.32 Å². The summed E-state index contributed by atoms with van der Waals surface area (Å²) in [6.07, 6.45) is 5.33. The van der Waals surface area contributed by atoms with Gasteiger partial charge in [0.15, 0.2) is 0 Å². The summed E-state index contributed by atoms with van der Waals surface area (Å²) in [6.45, 7) is 4.56. The average molecular weight is 312 g/mol. The van der Waals surface area contributed by atoms with E-state index in [4.69, 9.17) is 4.42 Å². The summed E-state index contributed by atoms with van der Waals surface area (Å²) in [6, 6.07) is 4.01. The molecule has 118 valence electrons. The highest BCUT2D eigenvalue weighted by Gasteiger charge is 2.37. The molecule has 1 saturated heterocycles. The first-order chi connectivity index (χ1) is 9.98. The molecule has 0 aromatic carbocycles. The van der Waals surface area contributed by atoms with Gasteiger partial charge >= 0.3 is 0 Å². The van der Waals surface area contributed by atoms with Crippen molar-refractivity contribution in [3.8, 4) is 0 Å². The molecule has 21 heavy (non-hydrogen) atoms. The monoisotopic (exact) mass is 312 g/mol. The van der Waals surface area contributed by atoms with Crippen LogP contribution in [0.5, 0.6) is 0 Å². The number of nitrogens with one attached hydrogen (secondary N) is 1. The number of hydrogen-bond acceptors (Lipinski definition) is 4. The Kier molecular flexibility index (Phi) is 4.12. The second kappa shape index (κ2) is 5.74. The maximum absolute atomic E-state index is 12.8. The van der Waals surface area contributed by atoms with E-state index in [0.717, 1.165) is 19.3 Å². The summed E-state index contributed by atoms with van der Waals surface area (Å²) in [7, 11) is -3.52. The molecule has 0 bridgehead atoms.